The van der Waals surface area contributed by atoms with E-state index in [4.69, 9.17) is 15.4 Å². The summed E-state index contributed by atoms with van der Waals surface area (Å²) >= 11 is 0. The monoisotopic (exact) mass is 220 g/mol. The molecule has 16 heavy (non-hydrogen) atoms. The second-order valence-corrected chi connectivity index (χ2v) is 3.10. The Morgan fingerprint density at radius 3 is 2.62 bits per heavy atom. The van der Waals surface area contributed by atoms with Gasteiger partial charge < -0.3 is 20.5 Å². The van der Waals surface area contributed by atoms with Gasteiger partial charge in [-0.1, -0.05) is 17.3 Å². The van der Waals surface area contributed by atoms with E-state index in [-0.39, 0.29) is 22.9 Å². The highest BCUT2D eigenvalue weighted by Gasteiger charge is 2.21. The van der Waals surface area contributed by atoms with Crippen molar-refractivity contribution in [3.8, 4) is 17.1 Å². The maximum Gasteiger partial charge on any atom is 0.360 e. The molecule has 6 heteroatoms. The highest BCUT2D eigenvalue weighted by molar-refractivity contribution is 5.95. The van der Waals surface area contributed by atoms with E-state index in [1.54, 1.807) is 18.2 Å². The lowest BCUT2D eigenvalue weighted by Gasteiger charge is -1.99. The molecule has 1 aromatic carbocycles. The average Bonchev–Trinajstić information content (AvgIpc) is 2.61. The minimum Gasteiger partial charge on any atom is -0.507 e. The molecule has 0 bridgehead atoms. The number of carboxylic acids is 1. The summed E-state index contributed by atoms with van der Waals surface area (Å²) < 4.78 is 4.81. The van der Waals surface area contributed by atoms with Crippen LogP contribution in [0.25, 0.3) is 11.3 Å². The summed E-state index contributed by atoms with van der Waals surface area (Å²) in [6.07, 6.45) is 0. The highest BCUT2D eigenvalue weighted by atomic mass is 16.5. The second kappa shape index (κ2) is 3.58. The van der Waals surface area contributed by atoms with Crippen molar-refractivity contribution in [1.29, 1.82) is 0 Å². The molecule has 1 heterocycles. The number of phenols is 1. The lowest BCUT2D eigenvalue weighted by atomic mass is 10.1. The Hall–Kier alpha value is -2.50. The standard InChI is InChI=1S/C10H8N2O4/c11-7-8(10(14)15)12-16-9(7)5-3-1-2-4-6(5)13/h1-4,13H,11H2,(H,14,15). The Balaban J connectivity index is 2.58. The summed E-state index contributed by atoms with van der Waals surface area (Å²) in [4.78, 5) is 10.7. The number of rotatable bonds is 2. The average molecular weight is 220 g/mol. The van der Waals surface area contributed by atoms with Gasteiger partial charge in [0, 0.05) is 0 Å². The number of para-hydroxylation sites is 1. The first-order valence-corrected chi connectivity index (χ1v) is 4.38. The number of nitrogens with zero attached hydrogens (tertiary/aromatic N) is 1. The Morgan fingerprint density at radius 2 is 2.06 bits per heavy atom. The summed E-state index contributed by atoms with van der Waals surface area (Å²) in [5.41, 5.74) is 5.40. The fraction of sp³-hybridized carbons (Fsp3) is 0. The topological polar surface area (TPSA) is 110 Å². The first-order valence-electron chi connectivity index (χ1n) is 4.38. The lowest BCUT2D eigenvalue weighted by molar-refractivity contribution is 0.0687. The third-order valence-corrected chi connectivity index (χ3v) is 2.08. The maximum absolute atomic E-state index is 10.7. The predicted octanol–water partition coefficient (Wildman–Crippen LogP) is 1.33. The molecule has 0 radical (unpaired) electrons. The Bertz CT molecular complexity index is 548. The van der Waals surface area contributed by atoms with Crippen molar-refractivity contribution in [3.63, 3.8) is 0 Å². The van der Waals surface area contributed by atoms with Gasteiger partial charge in [0.15, 0.2) is 5.76 Å². The molecule has 0 aliphatic heterocycles. The zero-order valence-electron chi connectivity index (χ0n) is 8.04. The van der Waals surface area contributed by atoms with Gasteiger partial charge in [-0.15, -0.1) is 0 Å². The van der Waals surface area contributed by atoms with Gasteiger partial charge in [0.1, 0.15) is 11.4 Å². The number of carbonyl (C=O) groups is 1. The largest absolute Gasteiger partial charge is 0.507 e. The number of aromatic hydroxyl groups is 1. The molecule has 1 aromatic heterocycles. The molecule has 0 saturated carbocycles. The van der Waals surface area contributed by atoms with Crippen molar-refractivity contribution in [2.45, 2.75) is 0 Å². The molecule has 0 atom stereocenters. The predicted molar refractivity (Wildman–Crippen MR) is 55.0 cm³/mol. The van der Waals surface area contributed by atoms with E-state index < -0.39 is 5.97 Å². The van der Waals surface area contributed by atoms with Crippen molar-refractivity contribution in [2.24, 2.45) is 0 Å². The van der Waals surface area contributed by atoms with E-state index in [2.05, 4.69) is 5.16 Å². The fourth-order valence-corrected chi connectivity index (χ4v) is 1.31. The van der Waals surface area contributed by atoms with E-state index in [0.717, 1.165) is 0 Å². The van der Waals surface area contributed by atoms with Gasteiger partial charge in [-0.3, -0.25) is 0 Å². The number of hydrogen-bond acceptors (Lipinski definition) is 5. The van der Waals surface area contributed by atoms with E-state index in [1.165, 1.54) is 6.07 Å². The molecule has 4 N–H and O–H groups in total. The van der Waals surface area contributed by atoms with Crippen LogP contribution >= 0.6 is 0 Å². The third kappa shape index (κ3) is 1.46. The molecule has 0 aliphatic rings. The number of hydrogen-bond donors (Lipinski definition) is 3. The quantitative estimate of drug-likeness (QED) is 0.704. The van der Waals surface area contributed by atoms with Crippen LogP contribution < -0.4 is 5.73 Å². The van der Waals surface area contributed by atoms with E-state index in [1.807, 2.05) is 0 Å². The minimum absolute atomic E-state index is 0.0514. The molecule has 2 rings (SSSR count). The normalized spacial score (nSPS) is 10.2. The van der Waals surface area contributed by atoms with Crippen molar-refractivity contribution >= 4 is 11.7 Å². The second-order valence-electron chi connectivity index (χ2n) is 3.10. The fourth-order valence-electron chi connectivity index (χ4n) is 1.31. The number of benzene rings is 1. The van der Waals surface area contributed by atoms with E-state index in [0.29, 0.717) is 5.56 Å². The van der Waals surface area contributed by atoms with E-state index in [9.17, 15) is 9.90 Å². The molecule has 0 fully saturated rings. The number of phenolic OH excluding ortho intramolecular Hbond substituents is 1. The summed E-state index contributed by atoms with van der Waals surface area (Å²) in [6, 6.07) is 6.29. The first kappa shape index (κ1) is 10.0. The van der Waals surface area contributed by atoms with Gasteiger partial charge >= 0.3 is 5.97 Å². The zero-order chi connectivity index (χ0) is 11.7. The molecule has 82 valence electrons. The van der Waals surface area contributed by atoms with Gasteiger partial charge in [0.05, 0.1) is 5.56 Å². The van der Waals surface area contributed by atoms with Gasteiger partial charge in [0.2, 0.25) is 5.69 Å². The maximum atomic E-state index is 10.7. The van der Waals surface area contributed by atoms with Crippen LogP contribution in [-0.2, 0) is 0 Å². The van der Waals surface area contributed by atoms with Gasteiger partial charge in [-0.25, -0.2) is 4.79 Å². The number of aromatic carboxylic acids is 1. The lowest BCUT2D eigenvalue weighted by Crippen LogP contribution is -2.01. The van der Waals surface area contributed by atoms with Crippen LogP contribution in [0.3, 0.4) is 0 Å². The molecule has 0 spiro atoms. The SMILES string of the molecule is Nc1c(C(=O)O)noc1-c1ccccc1O. The van der Waals surface area contributed by atoms with Crippen molar-refractivity contribution in [2.75, 3.05) is 5.73 Å². The van der Waals surface area contributed by atoms with Crippen LogP contribution in [-0.4, -0.2) is 21.3 Å². The number of nitrogen functional groups attached to an aromatic ring is 1. The number of nitrogens with two attached hydrogens (primary N) is 1. The molecule has 6 nitrogen and oxygen atoms in total. The molecule has 0 aliphatic carbocycles. The number of anilines is 1. The van der Waals surface area contributed by atoms with Gasteiger partial charge in [-0.2, -0.15) is 0 Å². The van der Waals surface area contributed by atoms with Crippen molar-refractivity contribution in [3.05, 3.63) is 30.0 Å². The Kier molecular flexibility index (Phi) is 2.24. The highest BCUT2D eigenvalue weighted by Crippen LogP contribution is 2.34. The van der Waals surface area contributed by atoms with Crippen LogP contribution in [0, 0.1) is 0 Å². The summed E-state index contributed by atoms with van der Waals surface area (Å²) in [5, 5.41) is 21.6. The van der Waals surface area contributed by atoms with Gasteiger partial charge in [0.25, 0.3) is 0 Å². The summed E-state index contributed by atoms with van der Waals surface area (Å²) in [5.74, 6) is -1.28. The minimum atomic E-state index is -1.28. The Labute approximate surface area is 89.9 Å². The number of carboxylic acid groups (broad SMARTS) is 1. The van der Waals surface area contributed by atoms with Crippen LogP contribution in [0.2, 0.25) is 0 Å². The van der Waals surface area contributed by atoms with Crippen LogP contribution in [0.15, 0.2) is 28.8 Å². The van der Waals surface area contributed by atoms with Crippen molar-refractivity contribution in [1.82, 2.24) is 5.16 Å². The molecule has 0 saturated heterocycles. The molecular weight excluding hydrogens is 212 g/mol. The molecule has 0 amide bonds. The Morgan fingerprint density at radius 1 is 1.38 bits per heavy atom. The van der Waals surface area contributed by atoms with Crippen LogP contribution in [0.4, 0.5) is 5.69 Å². The molecular formula is C10H8N2O4. The van der Waals surface area contributed by atoms with Gasteiger partial charge in [-0.05, 0) is 12.1 Å². The first-order chi connectivity index (χ1) is 7.61. The van der Waals surface area contributed by atoms with Crippen molar-refractivity contribution < 1.29 is 19.5 Å². The smallest absolute Gasteiger partial charge is 0.360 e. The summed E-state index contributed by atoms with van der Waals surface area (Å²) in [7, 11) is 0. The van der Waals surface area contributed by atoms with E-state index >= 15 is 0 Å². The third-order valence-electron chi connectivity index (χ3n) is 2.08. The van der Waals surface area contributed by atoms with Crippen LogP contribution in [0.5, 0.6) is 5.75 Å². The van der Waals surface area contributed by atoms with Crippen LogP contribution in [0.1, 0.15) is 10.5 Å². The molecule has 0 unspecified atom stereocenters. The number of aromatic nitrogens is 1. The molecule has 2 aromatic rings. The summed E-state index contributed by atoms with van der Waals surface area (Å²) in [6.45, 7) is 0. The zero-order valence-corrected chi connectivity index (χ0v) is 8.04.